The lowest BCUT2D eigenvalue weighted by atomic mass is 10.0. The lowest BCUT2D eigenvalue weighted by Gasteiger charge is -2.26. The molecule has 1 atom stereocenters. The number of halogens is 3. The Kier molecular flexibility index (Phi) is 7.58. The largest absolute Gasteiger partial charge is 0.417 e. The Morgan fingerprint density at radius 3 is 2.61 bits per heavy atom. The maximum atomic E-state index is 13.3. The van der Waals surface area contributed by atoms with Crippen LogP contribution < -0.4 is 15.5 Å². The molecule has 9 nitrogen and oxygen atoms in total. The fourth-order valence-electron chi connectivity index (χ4n) is 3.66. The van der Waals surface area contributed by atoms with Gasteiger partial charge in [-0.3, -0.25) is 9.63 Å². The molecule has 2 saturated heterocycles. The predicted octanol–water partition coefficient (Wildman–Crippen LogP) is 2.02. The molecule has 0 saturated carbocycles. The first-order chi connectivity index (χ1) is 15.6. The number of rotatable bonds is 8. The summed E-state index contributed by atoms with van der Waals surface area (Å²) >= 11 is 0. The summed E-state index contributed by atoms with van der Waals surface area (Å²) in [6.45, 7) is 6.19. The number of carbonyl (C=O) groups is 2. The molecule has 3 amide bonds. The molecule has 2 heterocycles. The molecule has 33 heavy (non-hydrogen) atoms. The molecule has 1 aromatic rings. The SMILES string of the molecule is CC1(C)C(=O)N(c2ccc(C#N)c(C(F)(F)F)c2)C(=O)N1OCCOCCC1CNCCN1. The van der Waals surface area contributed by atoms with E-state index in [1.807, 2.05) is 0 Å². The number of amides is 3. The van der Waals surface area contributed by atoms with Crippen LogP contribution in [0.25, 0.3) is 0 Å². The Labute approximate surface area is 189 Å². The Hall–Kier alpha value is -2.72. The first-order valence-electron chi connectivity index (χ1n) is 10.5. The van der Waals surface area contributed by atoms with E-state index in [0.717, 1.165) is 43.3 Å². The van der Waals surface area contributed by atoms with Gasteiger partial charge in [-0.05, 0) is 38.5 Å². The van der Waals surface area contributed by atoms with Gasteiger partial charge in [0.25, 0.3) is 5.91 Å². The van der Waals surface area contributed by atoms with Gasteiger partial charge < -0.3 is 15.4 Å². The molecule has 0 aromatic heterocycles. The number of nitrogens with zero attached hydrogens (tertiary/aromatic N) is 3. The topological polar surface area (TPSA) is 107 Å². The van der Waals surface area contributed by atoms with Crippen molar-refractivity contribution < 1.29 is 32.3 Å². The van der Waals surface area contributed by atoms with E-state index >= 15 is 0 Å². The minimum absolute atomic E-state index is 0.0200. The van der Waals surface area contributed by atoms with Crippen LogP contribution in [-0.4, -0.2) is 68.0 Å². The van der Waals surface area contributed by atoms with Gasteiger partial charge in [-0.25, -0.2) is 9.69 Å². The molecule has 2 aliphatic heterocycles. The highest BCUT2D eigenvalue weighted by molar-refractivity contribution is 6.22. The van der Waals surface area contributed by atoms with Crippen molar-refractivity contribution in [3.63, 3.8) is 0 Å². The number of nitriles is 1. The molecular formula is C21H26F3N5O4. The van der Waals surface area contributed by atoms with Gasteiger partial charge in [0.1, 0.15) is 5.54 Å². The van der Waals surface area contributed by atoms with E-state index in [1.54, 1.807) is 0 Å². The molecule has 0 radical (unpaired) electrons. The van der Waals surface area contributed by atoms with Gasteiger partial charge in [0.15, 0.2) is 0 Å². The van der Waals surface area contributed by atoms with Gasteiger partial charge in [-0.2, -0.15) is 23.5 Å². The van der Waals surface area contributed by atoms with E-state index in [4.69, 9.17) is 14.8 Å². The molecule has 2 fully saturated rings. The molecule has 2 aliphatic rings. The zero-order valence-electron chi connectivity index (χ0n) is 18.4. The second-order valence-electron chi connectivity index (χ2n) is 8.21. The summed E-state index contributed by atoms with van der Waals surface area (Å²) < 4.78 is 45.5. The third-order valence-corrected chi connectivity index (χ3v) is 5.47. The van der Waals surface area contributed by atoms with Crippen molar-refractivity contribution in [2.75, 3.05) is 44.4 Å². The minimum atomic E-state index is -4.82. The quantitative estimate of drug-likeness (QED) is 0.443. The number of imide groups is 1. The standard InChI is InChI=1S/C21H26F3N5O4/c1-20(2)18(30)28(16-4-3-14(12-25)17(11-16)21(22,23)24)19(31)29(20)33-10-9-32-8-5-15-13-26-6-7-27-15/h3-4,11,15,26-27H,5-10,13H2,1-2H3. The smallest absolute Gasteiger partial charge is 0.379 e. The highest BCUT2D eigenvalue weighted by Crippen LogP contribution is 2.37. The van der Waals surface area contributed by atoms with Gasteiger partial charge in [0, 0.05) is 32.3 Å². The summed E-state index contributed by atoms with van der Waals surface area (Å²) in [6, 6.07) is 3.54. The van der Waals surface area contributed by atoms with Crippen LogP contribution in [0.5, 0.6) is 0 Å². The van der Waals surface area contributed by atoms with Crippen molar-refractivity contribution in [2.24, 2.45) is 0 Å². The van der Waals surface area contributed by atoms with Gasteiger partial charge >= 0.3 is 12.2 Å². The summed E-state index contributed by atoms with van der Waals surface area (Å²) in [5, 5.41) is 16.4. The van der Waals surface area contributed by atoms with Gasteiger partial charge in [-0.15, -0.1) is 0 Å². The zero-order valence-corrected chi connectivity index (χ0v) is 18.4. The fourth-order valence-corrected chi connectivity index (χ4v) is 3.66. The summed E-state index contributed by atoms with van der Waals surface area (Å²) in [5.74, 6) is -0.748. The van der Waals surface area contributed by atoms with E-state index < -0.39 is 34.8 Å². The Balaban J connectivity index is 1.62. The van der Waals surface area contributed by atoms with Gasteiger partial charge in [-0.1, -0.05) is 0 Å². The summed E-state index contributed by atoms with van der Waals surface area (Å²) in [5.41, 5.74) is -3.56. The number of hydroxylamine groups is 2. The number of nitrogens with one attached hydrogen (secondary N) is 2. The number of alkyl halides is 3. The summed E-state index contributed by atoms with van der Waals surface area (Å²) in [7, 11) is 0. The van der Waals surface area contributed by atoms with Crippen molar-refractivity contribution in [3.8, 4) is 6.07 Å². The molecular weight excluding hydrogens is 443 g/mol. The van der Waals surface area contributed by atoms with Crippen LogP contribution in [0.15, 0.2) is 18.2 Å². The number of urea groups is 1. The third-order valence-electron chi connectivity index (χ3n) is 5.47. The van der Waals surface area contributed by atoms with E-state index in [9.17, 15) is 22.8 Å². The van der Waals surface area contributed by atoms with Crippen LogP contribution in [-0.2, 0) is 20.5 Å². The maximum Gasteiger partial charge on any atom is 0.417 e. The number of benzene rings is 1. The van der Waals surface area contributed by atoms with Crippen molar-refractivity contribution in [1.29, 1.82) is 5.26 Å². The Morgan fingerprint density at radius 1 is 1.21 bits per heavy atom. The molecule has 0 aliphatic carbocycles. The third kappa shape index (κ3) is 5.44. The van der Waals surface area contributed by atoms with Crippen molar-refractivity contribution in [3.05, 3.63) is 29.3 Å². The van der Waals surface area contributed by atoms with Gasteiger partial charge in [0.05, 0.1) is 36.1 Å². The average Bonchev–Trinajstić information content (AvgIpc) is 2.94. The number of piperazine rings is 1. The first-order valence-corrected chi connectivity index (χ1v) is 10.5. The average molecular weight is 469 g/mol. The lowest BCUT2D eigenvalue weighted by molar-refractivity contribution is -0.173. The van der Waals surface area contributed by atoms with Crippen molar-refractivity contribution in [1.82, 2.24) is 15.7 Å². The van der Waals surface area contributed by atoms with E-state index in [2.05, 4.69) is 10.6 Å². The summed E-state index contributed by atoms with van der Waals surface area (Å²) in [6.07, 6.45) is -4.02. The van der Waals surface area contributed by atoms with Crippen molar-refractivity contribution >= 4 is 17.6 Å². The second kappa shape index (κ2) is 10.0. The molecule has 180 valence electrons. The fraction of sp³-hybridized carbons (Fsp3) is 0.571. The molecule has 1 unspecified atom stereocenters. The molecule has 2 N–H and O–H groups in total. The summed E-state index contributed by atoms with van der Waals surface area (Å²) in [4.78, 5) is 31.8. The van der Waals surface area contributed by atoms with E-state index in [1.165, 1.54) is 19.9 Å². The van der Waals surface area contributed by atoms with Crippen LogP contribution in [0.4, 0.5) is 23.7 Å². The highest BCUT2D eigenvalue weighted by Gasteiger charge is 2.53. The minimum Gasteiger partial charge on any atom is -0.379 e. The van der Waals surface area contributed by atoms with Crippen LogP contribution in [0.2, 0.25) is 0 Å². The number of hydrogen-bond donors (Lipinski definition) is 2. The van der Waals surface area contributed by atoms with Crippen LogP contribution in [0.3, 0.4) is 0 Å². The Morgan fingerprint density at radius 2 is 1.97 bits per heavy atom. The van der Waals surface area contributed by atoms with Crippen LogP contribution >= 0.6 is 0 Å². The normalized spacial score (nSPS) is 20.9. The second-order valence-corrected chi connectivity index (χ2v) is 8.21. The maximum absolute atomic E-state index is 13.3. The van der Waals surface area contributed by atoms with Crippen LogP contribution in [0, 0.1) is 11.3 Å². The molecule has 3 rings (SSSR count). The molecule has 12 heteroatoms. The Bertz CT molecular complexity index is 925. The predicted molar refractivity (Wildman–Crippen MR) is 111 cm³/mol. The number of ether oxygens (including phenoxy) is 1. The molecule has 1 aromatic carbocycles. The van der Waals surface area contributed by atoms with E-state index in [0.29, 0.717) is 23.6 Å². The van der Waals surface area contributed by atoms with Crippen molar-refractivity contribution in [2.45, 2.75) is 38.0 Å². The zero-order chi connectivity index (χ0) is 24.2. The monoisotopic (exact) mass is 469 g/mol. The van der Waals surface area contributed by atoms with E-state index in [-0.39, 0.29) is 18.9 Å². The molecule has 0 bridgehead atoms. The number of hydrogen-bond acceptors (Lipinski definition) is 7. The number of anilines is 1. The highest BCUT2D eigenvalue weighted by atomic mass is 19.4. The van der Waals surface area contributed by atoms with Gasteiger partial charge in [0.2, 0.25) is 0 Å². The lowest BCUT2D eigenvalue weighted by Crippen LogP contribution is -2.48. The first kappa shape index (κ1) is 24.9. The molecule has 0 spiro atoms. The van der Waals surface area contributed by atoms with Crippen LogP contribution in [0.1, 0.15) is 31.4 Å². The number of carbonyl (C=O) groups excluding carboxylic acids is 2.